The SMILES string of the molecule is N#Cc1ccc(NCC(F)(F)F)c(Cl)c1. The molecule has 1 aromatic rings. The number of nitrogens with one attached hydrogen (secondary N) is 1. The normalized spacial score (nSPS) is 10.9. The molecule has 80 valence electrons. The fraction of sp³-hybridized carbons (Fsp3) is 0.222. The summed E-state index contributed by atoms with van der Waals surface area (Å²) in [7, 11) is 0. The Morgan fingerprint density at radius 3 is 2.53 bits per heavy atom. The Labute approximate surface area is 89.3 Å². The average molecular weight is 235 g/mol. The van der Waals surface area contributed by atoms with Crippen LogP contribution in [0.3, 0.4) is 0 Å². The maximum Gasteiger partial charge on any atom is 0.405 e. The summed E-state index contributed by atoms with van der Waals surface area (Å²) in [5.41, 5.74) is 0.463. The molecule has 6 heteroatoms. The van der Waals surface area contributed by atoms with Crippen LogP contribution in [0.4, 0.5) is 18.9 Å². The standard InChI is InChI=1S/C9H6ClF3N2/c10-7-3-6(4-14)1-2-8(7)15-5-9(11,12)13/h1-3,15H,5H2. The van der Waals surface area contributed by atoms with Crippen molar-refractivity contribution in [1.82, 2.24) is 0 Å². The van der Waals surface area contributed by atoms with Gasteiger partial charge in [-0.3, -0.25) is 0 Å². The number of rotatable bonds is 2. The van der Waals surface area contributed by atoms with Gasteiger partial charge in [0.15, 0.2) is 0 Å². The smallest absolute Gasteiger partial charge is 0.375 e. The van der Waals surface area contributed by atoms with E-state index in [1.165, 1.54) is 18.2 Å². The first-order valence-corrected chi connectivity index (χ1v) is 4.30. The number of halogens is 4. The van der Waals surface area contributed by atoms with E-state index in [-0.39, 0.29) is 10.7 Å². The fourth-order valence-electron chi connectivity index (χ4n) is 0.923. The first-order chi connectivity index (χ1) is 6.92. The summed E-state index contributed by atoms with van der Waals surface area (Å²) in [4.78, 5) is 0. The summed E-state index contributed by atoms with van der Waals surface area (Å²) < 4.78 is 35.6. The predicted octanol–water partition coefficient (Wildman–Crippen LogP) is 3.19. The molecule has 0 aliphatic rings. The Morgan fingerprint density at radius 1 is 1.40 bits per heavy atom. The van der Waals surface area contributed by atoms with E-state index in [0.717, 1.165) is 0 Å². The largest absolute Gasteiger partial charge is 0.405 e. The third-order valence-corrected chi connectivity index (χ3v) is 1.89. The van der Waals surface area contributed by atoms with Crippen molar-refractivity contribution in [2.45, 2.75) is 6.18 Å². The Hall–Kier alpha value is -1.41. The second-order valence-corrected chi connectivity index (χ2v) is 3.18. The zero-order valence-corrected chi connectivity index (χ0v) is 8.15. The van der Waals surface area contributed by atoms with Gasteiger partial charge in [0, 0.05) is 0 Å². The number of nitrogens with zero attached hydrogens (tertiary/aromatic N) is 1. The van der Waals surface area contributed by atoms with E-state index in [4.69, 9.17) is 16.9 Å². The fourth-order valence-corrected chi connectivity index (χ4v) is 1.17. The highest BCUT2D eigenvalue weighted by Crippen LogP contribution is 2.24. The minimum absolute atomic E-state index is 0.0956. The molecule has 0 saturated carbocycles. The highest BCUT2D eigenvalue weighted by molar-refractivity contribution is 6.33. The highest BCUT2D eigenvalue weighted by atomic mass is 35.5. The Kier molecular flexibility index (Phi) is 3.43. The minimum Gasteiger partial charge on any atom is -0.375 e. The molecule has 0 amide bonds. The predicted molar refractivity (Wildman–Crippen MR) is 50.7 cm³/mol. The topological polar surface area (TPSA) is 35.8 Å². The Balaban J connectivity index is 2.76. The van der Waals surface area contributed by atoms with Crippen LogP contribution < -0.4 is 5.32 Å². The van der Waals surface area contributed by atoms with Gasteiger partial charge in [0.2, 0.25) is 0 Å². The van der Waals surface area contributed by atoms with Crippen molar-refractivity contribution in [3.05, 3.63) is 28.8 Å². The summed E-state index contributed by atoms with van der Waals surface area (Å²) in [5, 5.41) is 10.7. The van der Waals surface area contributed by atoms with Gasteiger partial charge >= 0.3 is 6.18 Å². The van der Waals surface area contributed by atoms with Crippen LogP contribution in [-0.4, -0.2) is 12.7 Å². The molecule has 0 aromatic heterocycles. The molecule has 15 heavy (non-hydrogen) atoms. The van der Waals surface area contributed by atoms with Gasteiger partial charge in [0.25, 0.3) is 0 Å². The van der Waals surface area contributed by atoms with Crippen LogP contribution in [0.25, 0.3) is 0 Å². The van der Waals surface area contributed by atoms with E-state index in [2.05, 4.69) is 5.32 Å². The van der Waals surface area contributed by atoms with Crippen LogP contribution in [0.1, 0.15) is 5.56 Å². The van der Waals surface area contributed by atoms with Crippen molar-refractivity contribution in [1.29, 1.82) is 5.26 Å². The van der Waals surface area contributed by atoms with Gasteiger partial charge < -0.3 is 5.32 Å². The van der Waals surface area contributed by atoms with Crippen molar-refractivity contribution in [3.8, 4) is 6.07 Å². The number of nitriles is 1. The van der Waals surface area contributed by atoms with Crippen molar-refractivity contribution in [3.63, 3.8) is 0 Å². The average Bonchev–Trinajstić information content (AvgIpc) is 2.14. The van der Waals surface area contributed by atoms with Crippen LogP contribution >= 0.6 is 11.6 Å². The second kappa shape index (κ2) is 4.41. The molecule has 1 N–H and O–H groups in total. The molecule has 0 heterocycles. The molecular formula is C9H6ClF3N2. The zero-order valence-electron chi connectivity index (χ0n) is 7.40. The summed E-state index contributed by atoms with van der Waals surface area (Å²) in [6, 6.07) is 5.87. The molecule has 0 fully saturated rings. The monoisotopic (exact) mass is 234 g/mol. The molecule has 1 aromatic carbocycles. The number of alkyl halides is 3. The second-order valence-electron chi connectivity index (χ2n) is 2.78. The first-order valence-electron chi connectivity index (χ1n) is 3.92. The number of hydrogen-bond donors (Lipinski definition) is 1. The lowest BCUT2D eigenvalue weighted by molar-refractivity contribution is -0.115. The molecule has 0 spiro atoms. The zero-order chi connectivity index (χ0) is 11.5. The summed E-state index contributed by atoms with van der Waals surface area (Å²) in [6.45, 7) is -1.15. The summed E-state index contributed by atoms with van der Waals surface area (Å²) in [6.07, 6.45) is -4.29. The maximum atomic E-state index is 11.9. The molecule has 0 saturated heterocycles. The van der Waals surface area contributed by atoms with Gasteiger partial charge in [-0.2, -0.15) is 18.4 Å². The number of benzene rings is 1. The van der Waals surface area contributed by atoms with E-state index < -0.39 is 12.7 Å². The summed E-state index contributed by atoms with van der Waals surface area (Å²) in [5.74, 6) is 0. The molecule has 1 rings (SSSR count). The molecule has 0 radical (unpaired) electrons. The first kappa shape index (κ1) is 11.7. The molecule has 2 nitrogen and oxygen atoms in total. The molecule has 0 aliphatic carbocycles. The molecule has 0 bridgehead atoms. The third-order valence-electron chi connectivity index (χ3n) is 1.58. The summed E-state index contributed by atoms with van der Waals surface area (Å²) >= 11 is 5.66. The van der Waals surface area contributed by atoms with E-state index in [0.29, 0.717) is 5.56 Å². The van der Waals surface area contributed by atoms with Crippen LogP contribution in [0.2, 0.25) is 5.02 Å². The van der Waals surface area contributed by atoms with E-state index in [1.54, 1.807) is 0 Å². The van der Waals surface area contributed by atoms with E-state index in [9.17, 15) is 13.2 Å². The molecule has 0 unspecified atom stereocenters. The van der Waals surface area contributed by atoms with E-state index in [1.807, 2.05) is 6.07 Å². The van der Waals surface area contributed by atoms with Gasteiger partial charge in [-0.05, 0) is 18.2 Å². The quantitative estimate of drug-likeness (QED) is 0.853. The molecule has 0 aliphatic heterocycles. The van der Waals surface area contributed by atoms with Gasteiger partial charge in [-0.15, -0.1) is 0 Å². The van der Waals surface area contributed by atoms with Gasteiger partial charge in [-0.25, -0.2) is 0 Å². The minimum atomic E-state index is -4.29. The van der Waals surface area contributed by atoms with E-state index >= 15 is 0 Å². The maximum absolute atomic E-state index is 11.9. The van der Waals surface area contributed by atoms with Crippen molar-refractivity contribution in [2.24, 2.45) is 0 Å². The van der Waals surface area contributed by atoms with Crippen LogP contribution in [0, 0.1) is 11.3 Å². The van der Waals surface area contributed by atoms with Crippen molar-refractivity contribution in [2.75, 3.05) is 11.9 Å². The molecule has 0 atom stereocenters. The number of anilines is 1. The lowest BCUT2D eigenvalue weighted by Gasteiger charge is -2.10. The number of hydrogen-bond acceptors (Lipinski definition) is 2. The Morgan fingerprint density at radius 2 is 2.07 bits per heavy atom. The van der Waals surface area contributed by atoms with Crippen molar-refractivity contribution < 1.29 is 13.2 Å². The van der Waals surface area contributed by atoms with Crippen LogP contribution in [0.15, 0.2) is 18.2 Å². The van der Waals surface area contributed by atoms with Crippen LogP contribution in [-0.2, 0) is 0 Å². The van der Waals surface area contributed by atoms with Gasteiger partial charge in [0.1, 0.15) is 6.54 Å². The van der Waals surface area contributed by atoms with Crippen LogP contribution in [0.5, 0.6) is 0 Å². The molecular weight excluding hydrogens is 229 g/mol. The van der Waals surface area contributed by atoms with Gasteiger partial charge in [-0.1, -0.05) is 11.6 Å². The van der Waals surface area contributed by atoms with Gasteiger partial charge in [0.05, 0.1) is 22.3 Å². The Bertz CT molecular complexity index is 395. The van der Waals surface area contributed by atoms with Crippen molar-refractivity contribution >= 4 is 17.3 Å². The lowest BCUT2D eigenvalue weighted by Crippen LogP contribution is -2.21. The third kappa shape index (κ3) is 3.68. The lowest BCUT2D eigenvalue weighted by atomic mass is 10.2. The highest BCUT2D eigenvalue weighted by Gasteiger charge is 2.26.